The van der Waals surface area contributed by atoms with Crippen molar-refractivity contribution < 1.29 is 8.42 Å². The van der Waals surface area contributed by atoms with Crippen LogP contribution in [0.3, 0.4) is 0 Å². The van der Waals surface area contributed by atoms with E-state index >= 15 is 0 Å². The molecule has 1 saturated carbocycles. The highest BCUT2D eigenvalue weighted by Gasteiger charge is 2.32. The van der Waals surface area contributed by atoms with Crippen LogP contribution in [0.25, 0.3) is 0 Å². The van der Waals surface area contributed by atoms with Crippen LogP contribution >= 0.6 is 0 Å². The monoisotopic (exact) mass is 290 g/mol. The van der Waals surface area contributed by atoms with E-state index in [1.807, 2.05) is 20.8 Å². The lowest BCUT2D eigenvalue weighted by Gasteiger charge is -2.35. The maximum Gasteiger partial charge on any atom is 0.214 e. The molecular weight excluding hydrogens is 260 g/mol. The van der Waals surface area contributed by atoms with Gasteiger partial charge in [-0.25, -0.2) is 12.7 Å². The summed E-state index contributed by atoms with van der Waals surface area (Å²) in [5.74, 6) is 0.226. The fraction of sp³-hybridized carbons (Fsp3) is 1.00. The van der Waals surface area contributed by atoms with E-state index in [0.29, 0.717) is 6.04 Å². The summed E-state index contributed by atoms with van der Waals surface area (Å²) in [6.45, 7) is 9.03. The molecule has 0 bridgehead atoms. The zero-order valence-electron chi connectivity index (χ0n) is 13.1. The van der Waals surface area contributed by atoms with Gasteiger partial charge in [0.25, 0.3) is 0 Å². The summed E-state index contributed by atoms with van der Waals surface area (Å²) in [6.07, 6.45) is 4.09. The molecule has 5 heteroatoms. The molecular formula is C14H30N2O2S. The molecule has 0 aromatic carbocycles. The van der Waals surface area contributed by atoms with Crippen LogP contribution < -0.4 is 5.32 Å². The maximum atomic E-state index is 12.4. The van der Waals surface area contributed by atoms with Gasteiger partial charge in [0.1, 0.15) is 0 Å². The number of rotatable bonds is 5. The average Bonchev–Trinajstić information content (AvgIpc) is 2.26. The summed E-state index contributed by atoms with van der Waals surface area (Å²) in [6, 6.07) is 0.752. The summed E-state index contributed by atoms with van der Waals surface area (Å²) in [7, 11) is -1.39. The second-order valence-electron chi connectivity index (χ2n) is 6.90. The van der Waals surface area contributed by atoms with Gasteiger partial charge in [0.2, 0.25) is 10.0 Å². The molecule has 19 heavy (non-hydrogen) atoms. The van der Waals surface area contributed by atoms with Crippen LogP contribution in [-0.2, 0) is 10.0 Å². The van der Waals surface area contributed by atoms with E-state index in [9.17, 15) is 8.42 Å². The zero-order valence-corrected chi connectivity index (χ0v) is 13.9. The van der Waals surface area contributed by atoms with Crippen LogP contribution in [0.1, 0.15) is 53.4 Å². The van der Waals surface area contributed by atoms with Crippen LogP contribution in [0.4, 0.5) is 0 Å². The molecule has 0 amide bonds. The van der Waals surface area contributed by atoms with E-state index in [1.54, 1.807) is 11.4 Å². The lowest BCUT2D eigenvalue weighted by molar-refractivity contribution is 0.249. The molecule has 0 aromatic rings. The summed E-state index contributed by atoms with van der Waals surface area (Å²) in [5.41, 5.74) is -0.186. The normalized spacial score (nSPS) is 25.8. The third-order valence-corrected chi connectivity index (χ3v) is 6.16. The molecule has 0 heterocycles. The van der Waals surface area contributed by atoms with Gasteiger partial charge in [0.05, 0.1) is 5.75 Å². The Hall–Kier alpha value is -0.130. The van der Waals surface area contributed by atoms with Gasteiger partial charge in [0.15, 0.2) is 0 Å². The first-order chi connectivity index (χ1) is 8.65. The zero-order chi connectivity index (χ0) is 14.7. The third-order valence-electron chi connectivity index (χ3n) is 3.76. The molecule has 1 rings (SSSR count). The molecule has 0 spiro atoms. The number of hydrogen-bond acceptors (Lipinski definition) is 3. The largest absolute Gasteiger partial charge is 0.314 e. The van der Waals surface area contributed by atoms with E-state index in [1.165, 1.54) is 0 Å². The van der Waals surface area contributed by atoms with Gasteiger partial charge in [-0.05, 0) is 37.6 Å². The quantitative estimate of drug-likeness (QED) is 0.844. The maximum absolute atomic E-state index is 12.4. The molecule has 1 aliphatic rings. The van der Waals surface area contributed by atoms with Crippen LogP contribution in [0.5, 0.6) is 0 Å². The molecule has 114 valence electrons. The Labute approximate surface area is 119 Å². The highest BCUT2D eigenvalue weighted by molar-refractivity contribution is 7.89. The van der Waals surface area contributed by atoms with Crippen molar-refractivity contribution in [1.82, 2.24) is 9.62 Å². The fourth-order valence-corrected chi connectivity index (χ4v) is 4.77. The summed E-state index contributed by atoms with van der Waals surface area (Å²) in [5, 5.41) is 3.45. The Morgan fingerprint density at radius 2 is 1.68 bits per heavy atom. The van der Waals surface area contributed by atoms with E-state index in [2.05, 4.69) is 12.2 Å². The summed E-state index contributed by atoms with van der Waals surface area (Å²) < 4.78 is 26.4. The van der Waals surface area contributed by atoms with Gasteiger partial charge in [-0.1, -0.05) is 27.7 Å². The second kappa shape index (κ2) is 6.55. The van der Waals surface area contributed by atoms with Gasteiger partial charge in [0, 0.05) is 19.1 Å². The molecule has 0 aromatic heterocycles. The van der Waals surface area contributed by atoms with Crippen molar-refractivity contribution >= 4 is 10.0 Å². The molecule has 1 aliphatic carbocycles. The Morgan fingerprint density at radius 1 is 1.16 bits per heavy atom. The number of hydrogen-bond donors (Lipinski definition) is 1. The number of sulfonamides is 1. The van der Waals surface area contributed by atoms with Gasteiger partial charge in [-0.3, -0.25) is 0 Å². The summed E-state index contributed by atoms with van der Waals surface area (Å²) in [4.78, 5) is 0. The minimum Gasteiger partial charge on any atom is -0.314 e. The lowest BCUT2D eigenvalue weighted by atomic mass is 9.91. The third kappa shape index (κ3) is 5.40. The van der Waals surface area contributed by atoms with Crippen molar-refractivity contribution in [3.63, 3.8) is 0 Å². The standard InChI is InChI=1S/C14H30N2O2S/c1-6-15-12-7-9-13(10-8-12)16(5)19(17,18)11-14(2,3)4/h12-13,15H,6-11H2,1-5H3. The molecule has 0 saturated heterocycles. The Bertz CT molecular complexity index is 365. The Balaban J connectivity index is 2.57. The number of nitrogens with one attached hydrogen (secondary N) is 1. The fourth-order valence-electron chi connectivity index (χ4n) is 2.81. The highest BCUT2D eigenvalue weighted by atomic mass is 32.2. The van der Waals surface area contributed by atoms with Gasteiger partial charge >= 0.3 is 0 Å². The van der Waals surface area contributed by atoms with Crippen molar-refractivity contribution in [2.24, 2.45) is 5.41 Å². The van der Waals surface area contributed by atoms with Gasteiger partial charge < -0.3 is 5.32 Å². The smallest absolute Gasteiger partial charge is 0.214 e. The minimum absolute atomic E-state index is 0.183. The van der Waals surface area contributed by atoms with Crippen LogP contribution in [0.2, 0.25) is 0 Å². The molecule has 4 nitrogen and oxygen atoms in total. The van der Waals surface area contributed by atoms with Crippen LogP contribution in [0, 0.1) is 5.41 Å². The molecule has 0 atom stereocenters. The Kier molecular flexibility index (Phi) is 5.83. The van der Waals surface area contributed by atoms with E-state index in [0.717, 1.165) is 32.2 Å². The van der Waals surface area contributed by atoms with Gasteiger partial charge in [-0.2, -0.15) is 0 Å². The average molecular weight is 290 g/mol. The number of nitrogens with zero attached hydrogens (tertiary/aromatic N) is 1. The van der Waals surface area contributed by atoms with Crippen LogP contribution in [-0.4, -0.2) is 44.2 Å². The molecule has 0 unspecified atom stereocenters. The van der Waals surface area contributed by atoms with Crippen LogP contribution in [0.15, 0.2) is 0 Å². The first-order valence-electron chi connectivity index (χ1n) is 7.35. The highest BCUT2D eigenvalue weighted by Crippen LogP contribution is 2.26. The predicted octanol–water partition coefficient (Wildman–Crippen LogP) is 2.21. The first-order valence-corrected chi connectivity index (χ1v) is 8.96. The van der Waals surface area contributed by atoms with Crippen molar-refractivity contribution in [3.8, 4) is 0 Å². The second-order valence-corrected chi connectivity index (χ2v) is 8.92. The summed E-state index contributed by atoms with van der Waals surface area (Å²) >= 11 is 0. The van der Waals surface area contributed by atoms with E-state index in [4.69, 9.17) is 0 Å². The minimum atomic E-state index is -3.13. The topological polar surface area (TPSA) is 49.4 Å². The van der Waals surface area contributed by atoms with E-state index < -0.39 is 10.0 Å². The first kappa shape index (κ1) is 16.9. The molecule has 1 fully saturated rings. The van der Waals surface area contributed by atoms with Crippen molar-refractivity contribution in [2.45, 2.75) is 65.5 Å². The van der Waals surface area contributed by atoms with Crippen molar-refractivity contribution in [2.75, 3.05) is 19.3 Å². The molecule has 0 aliphatic heterocycles. The van der Waals surface area contributed by atoms with E-state index in [-0.39, 0.29) is 17.2 Å². The molecule has 1 N–H and O–H groups in total. The van der Waals surface area contributed by atoms with Crippen molar-refractivity contribution in [1.29, 1.82) is 0 Å². The molecule has 0 radical (unpaired) electrons. The van der Waals surface area contributed by atoms with Crippen molar-refractivity contribution in [3.05, 3.63) is 0 Å². The SMILES string of the molecule is CCNC1CCC(N(C)S(=O)(=O)CC(C)(C)C)CC1. The van der Waals surface area contributed by atoms with Gasteiger partial charge in [-0.15, -0.1) is 0 Å². The predicted molar refractivity (Wildman–Crippen MR) is 80.7 cm³/mol. The Morgan fingerprint density at radius 3 is 2.11 bits per heavy atom. The lowest BCUT2D eigenvalue weighted by Crippen LogP contribution is -2.45.